The summed E-state index contributed by atoms with van der Waals surface area (Å²) >= 11 is 0. The van der Waals surface area contributed by atoms with Crippen LogP contribution in [0.2, 0.25) is 0 Å². The van der Waals surface area contributed by atoms with Crippen LogP contribution in [0, 0.1) is 33.1 Å². The molecule has 4 atom stereocenters. The van der Waals surface area contributed by atoms with Crippen molar-refractivity contribution in [2.24, 2.45) is 11.1 Å². The minimum atomic E-state index is -1.73. The number of amides is 2. The molecule has 0 aromatic heterocycles. The Morgan fingerprint density at radius 3 is 1.25 bits per heavy atom. The summed E-state index contributed by atoms with van der Waals surface area (Å²) in [6.07, 6.45) is 2.23. The standard InChI is InChI=1S/C63H64N2O4/c1-43-21-5-9-27-49(43)39-62(68,57(51-31-13-7-23-45(51)3)55-35-19-29-47-25-11-15-33-53(47)55)41-65(60(67)61(59(64)66)37-17-18-38-61)42-63(69,40-50-28-10-6-22-44(50)2)58(52-32-14-8-24-46(52)4)56-36-20-30-48-26-12-16-34-54(48)56/h5-16,19-36,57-58,68-69H,17-18,37-42H2,1-4H3,(H2,64,66). The zero-order chi connectivity index (χ0) is 48.3. The SMILES string of the molecule is Cc1ccccc1CC(O)(CN(CC(O)(Cc1ccccc1C)C(c1ccccc1C)c1cccc2ccccc12)C(=O)C1(C(N)=O)CCCC1)C(c1ccccc1C)c1cccc2ccccc12. The summed E-state index contributed by atoms with van der Waals surface area (Å²) in [7, 11) is 0. The van der Waals surface area contributed by atoms with Crippen molar-refractivity contribution in [3.8, 4) is 0 Å². The van der Waals surface area contributed by atoms with Gasteiger partial charge < -0.3 is 20.8 Å². The third-order valence-electron chi connectivity index (χ3n) is 15.4. The van der Waals surface area contributed by atoms with Crippen LogP contribution < -0.4 is 5.73 Å². The molecule has 0 saturated heterocycles. The molecule has 1 aliphatic carbocycles. The van der Waals surface area contributed by atoms with Crippen molar-refractivity contribution in [2.75, 3.05) is 13.1 Å². The van der Waals surface area contributed by atoms with E-state index in [0.717, 1.165) is 77.2 Å². The van der Waals surface area contributed by atoms with Gasteiger partial charge in [-0.15, -0.1) is 0 Å². The first kappa shape index (κ1) is 47.2. The number of benzene rings is 8. The number of nitrogens with zero attached hydrogens (tertiary/aromatic N) is 1. The molecule has 8 aromatic rings. The van der Waals surface area contributed by atoms with Crippen LogP contribution in [-0.4, -0.2) is 51.2 Å². The summed E-state index contributed by atoms with van der Waals surface area (Å²) in [5.41, 5.74) is 11.0. The highest BCUT2D eigenvalue weighted by molar-refractivity contribution is 6.05. The van der Waals surface area contributed by atoms with Gasteiger partial charge in [-0.05, 0) is 118 Å². The number of primary amides is 1. The predicted octanol–water partition coefficient (Wildman–Crippen LogP) is 12.0. The fourth-order valence-electron chi connectivity index (χ4n) is 11.8. The van der Waals surface area contributed by atoms with E-state index in [2.05, 4.69) is 125 Å². The van der Waals surface area contributed by atoms with E-state index in [1.165, 1.54) is 0 Å². The van der Waals surface area contributed by atoms with Crippen LogP contribution in [0.5, 0.6) is 0 Å². The van der Waals surface area contributed by atoms with Crippen molar-refractivity contribution in [2.45, 2.75) is 89.3 Å². The van der Waals surface area contributed by atoms with Gasteiger partial charge in [-0.3, -0.25) is 9.59 Å². The molecule has 9 rings (SSSR count). The van der Waals surface area contributed by atoms with E-state index in [0.29, 0.717) is 25.7 Å². The van der Waals surface area contributed by atoms with E-state index in [1.54, 1.807) is 4.90 Å². The van der Waals surface area contributed by atoms with Gasteiger partial charge in [0, 0.05) is 24.7 Å². The van der Waals surface area contributed by atoms with Gasteiger partial charge in [-0.1, -0.05) is 195 Å². The molecule has 1 aliphatic rings. The van der Waals surface area contributed by atoms with Gasteiger partial charge in [0.15, 0.2) is 0 Å². The van der Waals surface area contributed by atoms with Crippen LogP contribution in [0.3, 0.4) is 0 Å². The predicted molar refractivity (Wildman–Crippen MR) is 280 cm³/mol. The fourth-order valence-corrected chi connectivity index (χ4v) is 11.8. The van der Waals surface area contributed by atoms with Crippen molar-refractivity contribution in [1.29, 1.82) is 0 Å². The molecule has 0 aliphatic heterocycles. The zero-order valence-electron chi connectivity index (χ0n) is 40.4. The van der Waals surface area contributed by atoms with E-state index >= 15 is 4.79 Å². The average molecular weight is 913 g/mol. The number of hydrogen-bond acceptors (Lipinski definition) is 4. The number of nitrogens with two attached hydrogens (primary N) is 1. The Balaban J connectivity index is 1.33. The van der Waals surface area contributed by atoms with Crippen molar-refractivity contribution < 1.29 is 19.8 Å². The van der Waals surface area contributed by atoms with Crippen LogP contribution in [0.15, 0.2) is 182 Å². The topological polar surface area (TPSA) is 104 Å². The number of rotatable bonds is 16. The first-order valence-corrected chi connectivity index (χ1v) is 24.5. The first-order chi connectivity index (χ1) is 33.3. The van der Waals surface area contributed by atoms with E-state index in [-0.39, 0.29) is 25.9 Å². The highest BCUT2D eigenvalue weighted by Crippen LogP contribution is 2.48. The van der Waals surface area contributed by atoms with Gasteiger partial charge in [0.05, 0.1) is 24.3 Å². The third kappa shape index (κ3) is 9.24. The monoisotopic (exact) mass is 912 g/mol. The molecule has 0 spiro atoms. The van der Waals surface area contributed by atoms with Gasteiger partial charge in [0.25, 0.3) is 0 Å². The largest absolute Gasteiger partial charge is 0.387 e. The van der Waals surface area contributed by atoms with Crippen molar-refractivity contribution in [3.63, 3.8) is 0 Å². The molecular formula is C63H64N2O4. The molecule has 6 heteroatoms. The summed E-state index contributed by atoms with van der Waals surface area (Å²) in [4.78, 5) is 32.0. The normalized spacial score (nSPS) is 16.1. The lowest BCUT2D eigenvalue weighted by atomic mass is 9.69. The molecule has 350 valence electrons. The quantitative estimate of drug-likeness (QED) is 0.0840. The second-order valence-corrected chi connectivity index (χ2v) is 19.9. The lowest BCUT2D eigenvalue weighted by Crippen LogP contribution is -2.61. The second kappa shape index (κ2) is 19.6. The Morgan fingerprint density at radius 1 is 0.493 bits per heavy atom. The molecule has 4 unspecified atom stereocenters. The van der Waals surface area contributed by atoms with E-state index in [4.69, 9.17) is 5.73 Å². The molecule has 8 aromatic carbocycles. The average Bonchev–Trinajstić information content (AvgIpc) is 3.86. The molecule has 2 amide bonds. The van der Waals surface area contributed by atoms with Gasteiger partial charge in [-0.2, -0.15) is 0 Å². The summed E-state index contributed by atoms with van der Waals surface area (Å²) in [5, 5.41) is 33.1. The summed E-state index contributed by atoms with van der Waals surface area (Å²) in [6.45, 7) is 7.81. The summed E-state index contributed by atoms with van der Waals surface area (Å²) < 4.78 is 0. The highest BCUT2D eigenvalue weighted by Gasteiger charge is 2.54. The zero-order valence-corrected chi connectivity index (χ0v) is 40.4. The second-order valence-electron chi connectivity index (χ2n) is 19.9. The van der Waals surface area contributed by atoms with E-state index in [9.17, 15) is 15.0 Å². The maximum absolute atomic E-state index is 16.3. The minimum Gasteiger partial charge on any atom is -0.387 e. The van der Waals surface area contributed by atoms with E-state index in [1.807, 2.05) is 84.9 Å². The van der Waals surface area contributed by atoms with E-state index < -0.39 is 40.3 Å². The molecule has 0 radical (unpaired) electrons. The van der Waals surface area contributed by atoms with Gasteiger partial charge in [0.2, 0.25) is 11.8 Å². The number of aryl methyl sites for hydroxylation is 4. The number of carbonyl (C=O) groups is 2. The molecule has 1 fully saturated rings. The van der Waals surface area contributed by atoms with Crippen molar-refractivity contribution in [1.82, 2.24) is 4.90 Å². The molecule has 4 N–H and O–H groups in total. The van der Waals surface area contributed by atoms with Crippen LogP contribution in [0.4, 0.5) is 0 Å². The smallest absolute Gasteiger partial charge is 0.238 e. The molecular weight excluding hydrogens is 849 g/mol. The fraction of sp³-hybridized carbons (Fsp3) is 0.270. The van der Waals surface area contributed by atoms with Gasteiger partial charge in [0.1, 0.15) is 5.41 Å². The Labute approximate surface area is 407 Å². The van der Waals surface area contributed by atoms with Crippen LogP contribution >= 0.6 is 0 Å². The Morgan fingerprint density at radius 2 is 0.841 bits per heavy atom. The maximum Gasteiger partial charge on any atom is 0.238 e. The number of aliphatic hydroxyl groups is 2. The highest BCUT2D eigenvalue weighted by atomic mass is 16.3. The number of carbonyl (C=O) groups excluding carboxylic acids is 2. The summed E-state index contributed by atoms with van der Waals surface area (Å²) in [5.74, 6) is -2.49. The first-order valence-electron chi connectivity index (χ1n) is 24.5. The van der Waals surface area contributed by atoms with Crippen molar-refractivity contribution >= 4 is 33.4 Å². The molecule has 0 bridgehead atoms. The molecule has 6 nitrogen and oxygen atoms in total. The van der Waals surface area contributed by atoms with Gasteiger partial charge in [-0.25, -0.2) is 0 Å². The maximum atomic E-state index is 16.3. The Hall–Kier alpha value is -6.86. The Kier molecular flexibility index (Phi) is 13.4. The number of hydrogen-bond donors (Lipinski definition) is 3. The van der Waals surface area contributed by atoms with Gasteiger partial charge >= 0.3 is 0 Å². The lowest BCUT2D eigenvalue weighted by Gasteiger charge is -2.47. The van der Waals surface area contributed by atoms with Crippen molar-refractivity contribution in [3.05, 3.63) is 238 Å². The van der Waals surface area contributed by atoms with Crippen LogP contribution in [0.25, 0.3) is 21.5 Å². The van der Waals surface area contributed by atoms with Crippen LogP contribution in [0.1, 0.15) is 93.2 Å². The third-order valence-corrected chi connectivity index (χ3v) is 15.4. The van der Waals surface area contributed by atoms with Crippen LogP contribution in [-0.2, 0) is 22.4 Å². The summed E-state index contributed by atoms with van der Waals surface area (Å²) in [6, 6.07) is 61.5. The molecule has 69 heavy (non-hydrogen) atoms. The Bertz CT molecular complexity index is 2950. The molecule has 0 heterocycles. The lowest BCUT2D eigenvalue weighted by molar-refractivity contribution is -0.156. The number of fused-ring (bicyclic) bond motifs is 2. The molecule has 1 saturated carbocycles. The minimum absolute atomic E-state index is 0.163.